The van der Waals surface area contributed by atoms with Gasteiger partial charge in [-0.05, 0) is 96.2 Å². The van der Waals surface area contributed by atoms with Crippen LogP contribution >= 0.6 is 0 Å². The number of phenolic OH excluding ortho intramolecular Hbond substituents is 1. The third kappa shape index (κ3) is 8.55. The number of ether oxygens (including phenoxy) is 1. The number of phenols is 1. The van der Waals surface area contributed by atoms with Crippen molar-refractivity contribution < 1.29 is 32.6 Å². The number of hydrogen-bond donors (Lipinski definition) is 2. The first-order valence-electron chi connectivity index (χ1n) is 16.5. The van der Waals surface area contributed by atoms with Gasteiger partial charge in [-0.15, -0.1) is 0 Å². The summed E-state index contributed by atoms with van der Waals surface area (Å²) in [6, 6.07) is 26.5. The standard InChI is InChI=1S/C39H44F2N2O5Si/c1-39(2,3)49(4,5)48-35(27-11-15-29(40)16-12-27)24-23-33(37(45)43-34(25-47-38(43)46)26-9-7-6-8-10-26)36(28-13-21-32(44)22-14-28)42-31-19-17-30(41)18-20-31/h6-22,33-36,42,44H,23-25H2,1-5H3. The zero-order valence-electron chi connectivity index (χ0n) is 28.5. The summed E-state index contributed by atoms with van der Waals surface area (Å²) in [4.78, 5) is 29.4. The van der Waals surface area contributed by atoms with E-state index in [1.54, 1.807) is 36.4 Å². The lowest BCUT2D eigenvalue weighted by atomic mass is 9.85. The first-order valence-corrected chi connectivity index (χ1v) is 19.4. The van der Waals surface area contributed by atoms with Crippen molar-refractivity contribution >= 4 is 26.0 Å². The molecule has 0 aliphatic carbocycles. The lowest BCUT2D eigenvalue weighted by Crippen LogP contribution is -2.43. The van der Waals surface area contributed by atoms with Crippen molar-refractivity contribution in [1.29, 1.82) is 0 Å². The number of aromatic hydroxyl groups is 1. The number of carbonyl (C=O) groups excluding carboxylic acids is 2. The molecule has 7 nitrogen and oxygen atoms in total. The number of hydrogen-bond acceptors (Lipinski definition) is 6. The quantitative estimate of drug-likeness (QED) is 0.144. The zero-order chi connectivity index (χ0) is 35.3. The number of rotatable bonds is 12. The normalized spacial score (nSPS) is 16.9. The number of anilines is 1. The van der Waals surface area contributed by atoms with E-state index in [0.29, 0.717) is 17.7 Å². The second-order valence-corrected chi connectivity index (χ2v) is 18.8. The van der Waals surface area contributed by atoms with Gasteiger partial charge < -0.3 is 19.6 Å². The highest BCUT2D eigenvalue weighted by molar-refractivity contribution is 6.74. The minimum absolute atomic E-state index is 0.0171. The second kappa shape index (κ2) is 14.9. The minimum atomic E-state index is -2.36. The van der Waals surface area contributed by atoms with Gasteiger partial charge in [-0.1, -0.05) is 75.4 Å². The average Bonchev–Trinajstić information content (AvgIpc) is 3.46. The molecule has 0 radical (unpaired) electrons. The molecule has 2 N–H and O–H groups in total. The van der Waals surface area contributed by atoms with E-state index in [0.717, 1.165) is 11.1 Å². The van der Waals surface area contributed by atoms with Gasteiger partial charge >= 0.3 is 6.09 Å². The second-order valence-electron chi connectivity index (χ2n) is 14.0. The lowest BCUT2D eigenvalue weighted by molar-refractivity contribution is -0.134. The topological polar surface area (TPSA) is 88.1 Å². The molecule has 5 rings (SSSR count). The van der Waals surface area contributed by atoms with Crippen LogP contribution in [0.25, 0.3) is 0 Å². The van der Waals surface area contributed by atoms with Gasteiger partial charge in [0.25, 0.3) is 0 Å². The van der Waals surface area contributed by atoms with Crippen molar-refractivity contribution in [2.24, 2.45) is 5.92 Å². The van der Waals surface area contributed by atoms with Crippen LogP contribution in [-0.4, -0.2) is 36.9 Å². The van der Waals surface area contributed by atoms with E-state index in [4.69, 9.17) is 9.16 Å². The highest BCUT2D eigenvalue weighted by Gasteiger charge is 2.45. The van der Waals surface area contributed by atoms with E-state index >= 15 is 0 Å². The third-order valence-electron chi connectivity index (χ3n) is 9.66. The van der Waals surface area contributed by atoms with Crippen molar-refractivity contribution in [3.05, 3.63) is 131 Å². The highest BCUT2D eigenvalue weighted by Crippen LogP contribution is 2.43. The van der Waals surface area contributed by atoms with Gasteiger partial charge in [0.05, 0.1) is 18.1 Å². The molecule has 49 heavy (non-hydrogen) atoms. The Bertz CT molecular complexity index is 1710. The molecular formula is C39H44F2N2O5Si. The number of nitrogens with one attached hydrogen (secondary N) is 1. The summed E-state index contributed by atoms with van der Waals surface area (Å²) >= 11 is 0. The van der Waals surface area contributed by atoms with Gasteiger partial charge in [0.1, 0.15) is 30.0 Å². The Morgan fingerprint density at radius 2 is 1.47 bits per heavy atom. The molecule has 4 unspecified atom stereocenters. The van der Waals surface area contributed by atoms with Crippen molar-refractivity contribution in [1.82, 2.24) is 4.90 Å². The number of imide groups is 1. The van der Waals surface area contributed by atoms with Crippen LogP contribution in [0.1, 0.15) is 68.5 Å². The van der Waals surface area contributed by atoms with Crippen molar-refractivity contribution in [3.8, 4) is 5.75 Å². The maximum Gasteiger partial charge on any atom is 0.417 e. The minimum Gasteiger partial charge on any atom is -0.508 e. The van der Waals surface area contributed by atoms with E-state index in [1.807, 2.05) is 30.3 Å². The van der Waals surface area contributed by atoms with E-state index in [2.05, 4.69) is 39.2 Å². The maximum atomic E-state index is 14.9. The molecule has 0 saturated carbocycles. The smallest absolute Gasteiger partial charge is 0.417 e. The summed E-state index contributed by atoms with van der Waals surface area (Å²) in [5.41, 5.74) is 2.79. The third-order valence-corrected chi connectivity index (χ3v) is 14.1. The lowest BCUT2D eigenvalue weighted by Gasteiger charge is -2.40. The predicted octanol–water partition coefficient (Wildman–Crippen LogP) is 9.70. The molecule has 0 aromatic heterocycles. The van der Waals surface area contributed by atoms with E-state index in [1.165, 1.54) is 41.3 Å². The first-order chi connectivity index (χ1) is 23.2. The van der Waals surface area contributed by atoms with Gasteiger partial charge in [0.2, 0.25) is 5.91 Å². The molecule has 2 amide bonds. The van der Waals surface area contributed by atoms with E-state index in [9.17, 15) is 23.5 Å². The number of amides is 2. The number of carbonyl (C=O) groups is 2. The summed E-state index contributed by atoms with van der Waals surface area (Å²) in [6.07, 6.45) is -0.588. The molecule has 0 spiro atoms. The predicted molar refractivity (Wildman–Crippen MR) is 188 cm³/mol. The summed E-state index contributed by atoms with van der Waals surface area (Å²) in [7, 11) is -2.36. The molecule has 0 bridgehead atoms. The summed E-state index contributed by atoms with van der Waals surface area (Å²) in [5, 5.41) is 13.4. The molecule has 4 atom stereocenters. The average molecular weight is 687 g/mol. The molecule has 1 fully saturated rings. The maximum absolute atomic E-state index is 14.9. The number of cyclic esters (lactones) is 1. The molecule has 1 heterocycles. The number of halogens is 2. The Morgan fingerprint density at radius 3 is 2.06 bits per heavy atom. The van der Waals surface area contributed by atoms with Crippen LogP contribution in [0.2, 0.25) is 18.1 Å². The van der Waals surface area contributed by atoms with Gasteiger partial charge in [-0.25, -0.2) is 18.5 Å². The summed E-state index contributed by atoms with van der Waals surface area (Å²) in [6.45, 7) is 10.7. The molecule has 1 aliphatic rings. The molecule has 258 valence electrons. The molecule has 1 aliphatic heterocycles. The summed E-state index contributed by atoms with van der Waals surface area (Å²) < 4.78 is 40.4. The van der Waals surface area contributed by atoms with Crippen molar-refractivity contribution in [2.75, 3.05) is 11.9 Å². The van der Waals surface area contributed by atoms with Crippen LogP contribution in [0.5, 0.6) is 5.75 Å². The highest BCUT2D eigenvalue weighted by atomic mass is 28.4. The molecule has 4 aromatic rings. The molecule has 4 aromatic carbocycles. The van der Waals surface area contributed by atoms with Crippen LogP contribution < -0.4 is 5.32 Å². The van der Waals surface area contributed by atoms with E-state index in [-0.39, 0.29) is 29.6 Å². The molecule has 1 saturated heterocycles. The first kappa shape index (κ1) is 35.8. The van der Waals surface area contributed by atoms with Crippen LogP contribution in [-0.2, 0) is 14.0 Å². The fourth-order valence-corrected chi connectivity index (χ4v) is 7.17. The fraction of sp³-hybridized carbons (Fsp3) is 0.333. The number of nitrogens with zero attached hydrogens (tertiary/aromatic N) is 1. The Morgan fingerprint density at radius 1 is 0.898 bits per heavy atom. The SMILES string of the molecule is CC(C)(C)[Si](C)(C)OC(CCC(C(=O)N1C(=O)OCC1c1ccccc1)C(Nc1ccc(F)cc1)c1ccc(O)cc1)c1ccc(F)cc1. The summed E-state index contributed by atoms with van der Waals surface area (Å²) in [5.74, 6) is -2.03. The Balaban J connectivity index is 1.58. The van der Waals surface area contributed by atoms with Crippen LogP contribution in [0.3, 0.4) is 0 Å². The van der Waals surface area contributed by atoms with Crippen molar-refractivity contribution in [2.45, 2.75) is 69.9 Å². The zero-order valence-corrected chi connectivity index (χ0v) is 29.5. The van der Waals surface area contributed by atoms with Crippen molar-refractivity contribution in [3.63, 3.8) is 0 Å². The van der Waals surface area contributed by atoms with Gasteiger partial charge in [0.15, 0.2) is 8.32 Å². The van der Waals surface area contributed by atoms with Crippen LogP contribution in [0, 0.1) is 17.6 Å². The molecular weight excluding hydrogens is 643 g/mol. The van der Waals surface area contributed by atoms with Crippen LogP contribution in [0.15, 0.2) is 103 Å². The number of benzene rings is 4. The van der Waals surface area contributed by atoms with E-state index < -0.39 is 50.2 Å². The monoisotopic (exact) mass is 686 g/mol. The fourth-order valence-electron chi connectivity index (χ4n) is 5.85. The van der Waals surface area contributed by atoms with Gasteiger partial charge in [-0.2, -0.15) is 0 Å². The Hall–Kier alpha value is -4.54. The molecule has 10 heteroatoms. The van der Waals surface area contributed by atoms with Gasteiger partial charge in [-0.3, -0.25) is 4.79 Å². The van der Waals surface area contributed by atoms with Gasteiger partial charge in [0, 0.05) is 5.69 Å². The Kier molecular flexibility index (Phi) is 10.9. The largest absolute Gasteiger partial charge is 0.508 e. The Labute approximate surface area is 288 Å². The van der Waals surface area contributed by atoms with Crippen LogP contribution in [0.4, 0.5) is 19.3 Å².